The van der Waals surface area contributed by atoms with Crippen molar-refractivity contribution >= 4 is 11.6 Å². The molecule has 1 atom stereocenters. The molecule has 106 valence electrons. The Hall–Kier alpha value is -1.51. The summed E-state index contributed by atoms with van der Waals surface area (Å²) in [6.45, 7) is 5.99. The number of ether oxygens (including phenoxy) is 1. The summed E-state index contributed by atoms with van der Waals surface area (Å²) in [7, 11) is 0. The van der Waals surface area contributed by atoms with Crippen molar-refractivity contribution in [2.75, 3.05) is 0 Å². The minimum atomic E-state index is -0.536. The minimum Gasteiger partial charge on any atom is -0.456 e. The summed E-state index contributed by atoms with van der Waals surface area (Å²) in [5, 5.41) is 10.0. The van der Waals surface area contributed by atoms with Gasteiger partial charge in [0.1, 0.15) is 11.5 Å². The number of aliphatic hydroxyl groups excluding tert-OH is 1. The number of aliphatic hydroxyl groups is 1. The third-order valence-electron chi connectivity index (χ3n) is 3.19. The lowest BCUT2D eigenvalue weighted by Crippen LogP contribution is -1.93. The molecular formula is C17H19ClO2. The first-order chi connectivity index (χ1) is 9.47. The van der Waals surface area contributed by atoms with Crippen LogP contribution in [-0.4, -0.2) is 5.11 Å². The Bertz CT molecular complexity index is 591. The van der Waals surface area contributed by atoms with E-state index >= 15 is 0 Å². The monoisotopic (exact) mass is 290 g/mol. The first-order valence-electron chi connectivity index (χ1n) is 6.72. The zero-order chi connectivity index (χ0) is 14.7. The van der Waals surface area contributed by atoms with Crippen LogP contribution in [0.5, 0.6) is 11.5 Å². The summed E-state index contributed by atoms with van der Waals surface area (Å²) in [4.78, 5) is 0. The summed E-state index contributed by atoms with van der Waals surface area (Å²) in [5.41, 5.74) is 2.00. The number of halogens is 1. The van der Waals surface area contributed by atoms with Gasteiger partial charge in [0.15, 0.2) is 0 Å². The van der Waals surface area contributed by atoms with E-state index in [9.17, 15) is 5.11 Å². The van der Waals surface area contributed by atoms with Gasteiger partial charge in [-0.05, 0) is 48.2 Å². The summed E-state index contributed by atoms with van der Waals surface area (Å²) < 4.78 is 5.82. The molecule has 0 heterocycles. The molecule has 0 bridgehead atoms. The summed E-state index contributed by atoms with van der Waals surface area (Å²) in [6.07, 6.45) is -0.536. The van der Waals surface area contributed by atoms with Gasteiger partial charge in [-0.15, -0.1) is 0 Å². The van der Waals surface area contributed by atoms with Gasteiger partial charge >= 0.3 is 0 Å². The smallest absolute Gasteiger partial charge is 0.146 e. The molecule has 3 heteroatoms. The predicted molar refractivity (Wildman–Crippen MR) is 82.7 cm³/mol. The number of hydrogen-bond acceptors (Lipinski definition) is 2. The molecule has 2 nitrogen and oxygen atoms in total. The third kappa shape index (κ3) is 3.53. The van der Waals surface area contributed by atoms with Crippen molar-refractivity contribution in [3.05, 3.63) is 58.6 Å². The molecule has 20 heavy (non-hydrogen) atoms. The number of benzene rings is 2. The number of hydrogen-bond donors (Lipinski definition) is 1. The molecule has 2 aromatic carbocycles. The van der Waals surface area contributed by atoms with E-state index in [2.05, 4.69) is 19.9 Å². The van der Waals surface area contributed by atoms with E-state index in [1.165, 1.54) is 5.56 Å². The van der Waals surface area contributed by atoms with Gasteiger partial charge in [0.25, 0.3) is 0 Å². The zero-order valence-electron chi connectivity index (χ0n) is 11.9. The summed E-state index contributed by atoms with van der Waals surface area (Å²) in [5.74, 6) is 1.81. The first-order valence-corrected chi connectivity index (χ1v) is 7.10. The lowest BCUT2D eigenvalue weighted by Gasteiger charge is -2.12. The van der Waals surface area contributed by atoms with Crippen LogP contribution in [-0.2, 0) is 0 Å². The fourth-order valence-electron chi connectivity index (χ4n) is 1.92. The Balaban J connectivity index is 2.24. The van der Waals surface area contributed by atoms with Crippen LogP contribution in [0.1, 0.15) is 43.9 Å². The van der Waals surface area contributed by atoms with Crippen LogP contribution in [0.25, 0.3) is 0 Å². The largest absolute Gasteiger partial charge is 0.456 e. The van der Waals surface area contributed by atoms with Crippen molar-refractivity contribution < 1.29 is 9.84 Å². The van der Waals surface area contributed by atoms with E-state index in [0.29, 0.717) is 16.7 Å². The van der Waals surface area contributed by atoms with E-state index in [1.807, 2.05) is 24.3 Å². The fourth-order valence-corrected chi connectivity index (χ4v) is 2.15. The standard InChI is InChI=1S/C17H19ClO2/c1-11(2)13-5-4-6-15(9-13)20-17-8-7-14(12(3)19)10-16(17)18/h4-12,19H,1-3H3/t12-/m1/s1. The SMILES string of the molecule is CC(C)c1cccc(Oc2ccc([C@@H](C)O)cc2Cl)c1. The van der Waals surface area contributed by atoms with Gasteiger partial charge in [0, 0.05) is 0 Å². The van der Waals surface area contributed by atoms with Crippen molar-refractivity contribution in [3.8, 4) is 11.5 Å². The molecule has 2 rings (SSSR count). The second-order valence-corrected chi connectivity index (χ2v) is 5.60. The molecule has 0 spiro atoms. The van der Waals surface area contributed by atoms with E-state index in [1.54, 1.807) is 19.1 Å². The van der Waals surface area contributed by atoms with E-state index in [0.717, 1.165) is 11.3 Å². The topological polar surface area (TPSA) is 29.5 Å². The highest BCUT2D eigenvalue weighted by molar-refractivity contribution is 6.32. The predicted octanol–water partition coefficient (Wildman–Crippen LogP) is 5.31. The quantitative estimate of drug-likeness (QED) is 0.827. The summed E-state index contributed by atoms with van der Waals surface area (Å²) in [6, 6.07) is 13.3. The average molecular weight is 291 g/mol. The van der Waals surface area contributed by atoms with Gasteiger partial charge in [-0.25, -0.2) is 0 Å². The lowest BCUT2D eigenvalue weighted by molar-refractivity contribution is 0.199. The van der Waals surface area contributed by atoms with Crippen molar-refractivity contribution in [1.82, 2.24) is 0 Å². The zero-order valence-corrected chi connectivity index (χ0v) is 12.7. The van der Waals surface area contributed by atoms with Gasteiger partial charge in [-0.1, -0.05) is 43.6 Å². The molecule has 0 saturated heterocycles. The van der Waals surface area contributed by atoms with E-state index in [-0.39, 0.29) is 0 Å². The van der Waals surface area contributed by atoms with Crippen LogP contribution < -0.4 is 4.74 Å². The maximum atomic E-state index is 9.53. The molecule has 0 unspecified atom stereocenters. The Morgan fingerprint density at radius 2 is 1.75 bits per heavy atom. The molecule has 0 fully saturated rings. The highest BCUT2D eigenvalue weighted by atomic mass is 35.5. The molecule has 0 amide bonds. The normalized spacial score (nSPS) is 12.5. The minimum absolute atomic E-state index is 0.451. The Labute approximate surface area is 125 Å². The number of rotatable bonds is 4. The van der Waals surface area contributed by atoms with Gasteiger partial charge in [0.2, 0.25) is 0 Å². The molecule has 0 aliphatic heterocycles. The van der Waals surface area contributed by atoms with Crippen molar-refractivity contribution in [1.29, 1.82) is 0 Å². The van der Waals surface area contributed by atoms with Crippen molar-refractivity contribution in [2.24, 2.45) is 0 Å². The Kier molecular flexibility index (Phi) is 4.69. The van der Waals surface area contributed by atoms with Crippen LogP contribution in [0.3, 0.4) is 0 Å². The van der Waals surface area contributed by atoms with Gasteiger partial charge in [-0.2, -0.15) is 0 Å². The molecule has 0 radical (unpaired) electrons. The highest BCUT2D eigenvalue weighted by Gasteiger charge is 2.08. The Morgan fingerprint density at radius 3 is 2.35 bits per heavy atom. The van der Waals surface area contributed by atoms with Crippen LogP contribution in [0.15, 0.2) is 42.5 Å². The molecular weight excluding hydrogens is 272 g/mol. The Morgan fingerprint density at radius 1 is 1.00 bits per heavy atom. The second kappa shape index (κ2) is 6.29. The van der Waals surface area contributed by atoms with Crippen LogP contribution in [0, 0.1) is 0 Å². The first kappa shape index (κ1) is 14.9. The molecule has 0 aliphatic rings. The molecule has 0 aliphatic carbocycles. The molecule has 0 saturated carbocycles. The fraction of sp³-hybridized carbons (Fsp3) is 0.294. The lowest BCUT2D eigenvalue weighted by atomic mass is 10.0. The van der Waals surface area contributed by atoms with Gasteiger partial charge in [-0.3, -0.25) is 0 Å². The third-order valence-corrected chi connectivity index (χ3v) is 3.49. The maximum Gasteiger partial charge on any atom is 0.146 e. The van der Waals surface area contributed by atoms with Crippen molar-refractivity contribution in [2.45, 2.75) is 32.8 Å². The van der Waals surface area contributed by atoms with Gasteiger partial charge in [0.05, 0.1) is 11.1 Å². The average Bonchev–Trinajstić information content (AvgIpc) is 2.41. The van der Waals surface area contributed by atoms with Crippen LogP contribution in [0.2, 0.25) is 5.02 Å². The van der Waals surface area contributed by atoms with E-state index in [4.69, 9.17) is 16.3 Å². The van der Waals surface area contributed by atoms with Crippen LogP contribution in [0.4, 0.5) is 0 Å². The highest BCUT2D eigenvalue weighted by Crippen LogP contribution is 2.32. The molecule has 1 N–H and O–H groups in total. The molecule has 2 aromatic rings. The van der Waals surface area contributed by atoms with Crippen LogP contribution >= 0.6 is 11.6 Å². The van der Waals surface area contributed by atoms with E-state index < -0.39 is 6.10 Å². The van der Waals surface area contributed by atoms with Crippen molar-refractivity contribution in [3.63, 3.8) is 0 Å². The second-order valence-electron chi connectivity index (χ2n) is 5.20. The maximum absolute atomic E-state index is 9.53. The summed E-state index contributed by atoms with van der Waals surface area (Å²) >= 11 is 6.19. The van der Waals surface area contributed by atoms with Gasteiger partial charge < -0.3 is 9.84 Å². The molecule has 0 aromatic heterocycles.